The fourth-order valence-corrected chi connectivity index (χ4v) is 7.76. The van der Waals surface area contributed by atoms with Crippen LogP contribution in [0.3, 0.4) is 0 Å². The lowest BCUT2D eigenvalue weighted by atomic mass is 9.97. The average molecular weight is 865 g/mol. The Hall–Kier alpha value is -4.58. The van der Waals surface area contributed by atoms with Gasteiger partial charge in [0.15, 0.2) is 0 Å². The van der Waals surface area contributed by atoms with E-state index in [4.69, 9.17) is 28.4 Å². The van der Waals surface area contributed by atoms with Gasteiger partial charge in [-0.1, -0.05) is 163 Å². The number of hydrogen-bond acceptors (Lipinski definition) is 6. The van der Waals surface area contributed by atoms with Crippen molar-refractivity contribution in [2.24, 2.45) is 29.6 Å². The first-order chi connectivity index (χ1) is 30.4. The molecule has 6 heteroatoms. The molecule has 0 saturated carbocycles. The topological polar surface area (TPSA) is 55.4 Å². The van der Waals surface area contributed by atoms with Crippen LogP contribution >= 0.6 is 0 Å². The SMILES string of the molecule is C=Cc1cc(OCCC(C)CCCC(C)C)c(/C=C/c2cc(OCC(CC)CCCC)c(/C=C/c3cc(OCCC(C)CCCC(C)C)c(C=C)cc3OC)cc2OC)cc1OC. The summed E-state index contributed by atoms with van der Waals surface area (Å²) < 4.78 is 37.4. The van der Waals surface area contributed by atoms with E-state index in [1.807, 2.05) is 30.4 Å². The number of benzene rings is 3. The molecule has 0 aromatic heterocycles. The summed E-state index contributed by atoms with van der Waals surface area (Å²) in [5.41, 5.74) is 5.42. The molecule has 3 aromatic rings. The van der Waals surface area contributed by atoms with Gasteiger partial charge in [-0.2, -0.15) is 0 Å². The van der Waals surface area contributed by atoms with Crippen LogP contribution in [0.4, 0.5) is 0 Å². The highest BCUT2D eigenvalue weighted by atomic mass is 16.5. The number of rotatable bonds is 32. The van der Waals surface area contributed by atoms with Crippen molar-refractivity contribution in [1.29, 1.82) is 0 Å². The summed E-state index contributed by atoms with van der Waals surface area (Å²) >= 11 is 0. The summed E-state index contributed by atoms with van der Waals surface area (Å²) in [6.07, 6.45) is 26.0. The van der Waals surface area contributed by atoms with Gasteiger partial charge in [-0.15, -0.1) is 0 Å². The molecule has 3 rings (SSSR count). The molecule has 0 saturated heterocycles. The zero-order valence-corrected chi connectivity index (χ0v) is 41.3. The van der Waals surface area contributed by atoms with Crippen molar-refractivity contribution in [2.75, 3.05) is 41.2 Å². The second kappa shape index (κ2) is 29.0. The van der Waals surface area contributed by atoms with Crippen molar-refractivity contribution >= 4 is 36.5 Å². The lowest BCUT2D eigenvalue weighted by Crippen LogP contribution is -2.12. The zero-order chi connectivity index (χ0) is 46.1. The molecule has 348 valence electrons. The van der Waals surface area contributed by atoms with Gasteiger partial charge in [-0.3, -0.25) is 0 Å². The molecule has 3 unspecified atom stereocenters. The van der Waals surface area contributed by atoms with E-state index >= 15 is 0 Å². The maximum Gasteiger partial charge on any atom is 0.127 e. The number of methoxy groups -OCH3 is 3. The van der Waals surface area contributed by atoms with Crippen molar-refractivity contribution in [2.45, 2.75) is 132 Å². The molecule has 3 atom stereocenters. The predicted octanol–water partition coefficient (Wildman–Crippen LogP) is 16.4. The smallest absolute Gasteiger partial charge is 0.127 e. The normalized spacial score (nSPS) is 13.1. The van der Waals surface area contributed by atoms with Crippen molar-refractivity contribution in [3.05, 3.63) is 82.9 Å². The van der Waals surface area contributed by atoms with Gasteiger partial charge in [-0.05, 0) is 85.3 Å². The molecular weight excluding hydrogens is 781 g/mol. The van der Waals surface area contributed by atoms with Crippen LogP contribution in [-0.2, 0) is 0 Å². The largest absolute Gasteiger partial charge is 0.496 e. The van der Waals surface area contributed by atoms with Crippen LogP contribution in [0.5, 0.6) is 34.5 Å². The number of ether oxygens (including phenoxy) is 6. The first kappa shape index (κ1) is 52.8. The summed E-state index contributed by atoms with van der Waals surface area (Å²) in [6, 6.07) is 12.3. The van der Waals surface area contributed by atoms with Crippen LogP contribution in [0.15, 0.2) is 49.6 Å². The quantitative estimate of drug-likeness (QED) is 0.0583. The fourth-order valence-electron chi connectivity index (χ4n) is 7.76. The Morgan fingerprint density at radius 1 is 0.444 bits per heavy atom. The Morgan fingerprint density at radius 3 is 1.22 bits per heavy atom. The van der Waals surface area contributed by atoms with E-state index in [0.29, 0.717) is 37.6 Å². The summed E-state index contributed by atoms with van der Waals surface area (Å²) in [5.74, 6) is 7.72. The predicted molar refractivity (Wildman–Crippen MR) is 272 cm³/mol. The van der Waals surface area contributed by atoms with E-state index in [1.165, 1.54) is 51.4 Å². The van der Waals surface area contributed by atoms with Crippen LogP contribution < -0.4 is 28.4 Å². The number of hydrogen-bond donors (Lipinski definition) is 0. The second-order valence-electron chi connectivity index (χ2n) is 18.3. The van der Waals surface area contributed by atoms with E-state index in [0.717, 1.165) is 105 Å². The Bertz CT molecular complexity index is 1870. The minimum atomic E-state index is 0.459. The molecule has 0 N–H and O–H groups in total. The third kappa shape index (κ3) is 18.2. The first-order valence-electron chi connectivity index (χ1n) is 24.0. The maximum absolute atomic E-state index is 6.74. The zero-order valence-electron chi connectivity index (χ0n) is 41.3. The van der Waals surface area contributed by atoms with E-state index in [9.17, 15) is 0 Å². The van der Waals surface area contributed by atoms with Gasteiger partial charge in [0, 0.05) is 33.4 Å². The summed E-state index contributed by atoms with van der Waals surface area (Å²) in [4.78, 5) is 0. The monoisotopic (exact) mass is 865 g/mol. The molecule has 0 amide bonds. The highest BCUT2D eigenvalue weighted by Crippen LogP contribution is 2.37. The third-order valence-corrected chi connectivity index (χ3v) is 12.1. The molecule has 0 bridgehead atoms. The van der Waals surface area contributed by atoms with Gasteiger partial charge in [0.1, 0.15) is 34.5 Å². The molecule has 63 heavy (non-hydrogen) atoms. The van der Waals surface area contributed by atoms with Gasteiger partial charge in [0.25, 0.3) is 0 Å². The summed E-state index contributed by atoms with van der Waals surface area (Å²) in [6.45, 7) is 28.3. The lowest BCUT2D eigenvalue weighted by molar-refractivity contribution is 0.232. The summed E-state index contributed by atoms with van der Waals surface area (Å²) in [7, 11) is 5.10. The minimum absolute atomic E-state index is 0.459. The Labute approximate surface area is 384 Å². The highest BCUT2D eigenvalue weighted by Gasteiger charge is 2.16. The molecule has 0 aliphatic rings. The van der Waals surface area contributed by atoms with Gasteiger partial charge < -0.3 is 28.4 Å². The minimum Gasteiger partial charge on any atom is -0.496 e. The van der Waals surface area contributed by atoms with Gasteiger partial charge >= 0.3 is 0 Å². The van der Waals surface area contributed by atoms with Gasteiger partial charge in [0.2, 0.25) is 0 Å². The molecule has 6 nitrogen and oxygen atoms in total. The van der Waals surface area contributed by atoms with Crippen LogP contribution in [0, 0.1) is 29.6 Å². The molecule has 0 heterocycles. The molecule has 0 spiro atoms. The van der Waals surface area contributed by atoms with Crippen LogP contribution in [0.2, 0.25) is 0 Å². The van der Waals surface area contributed by atoms with Crippen LogP contribution in [-0.4, -0.2) is 41.2 Å². The Kier molecular flexibility index (Phi) is 24.3. The first-order valence-corrected chi connectivity index (χ1v) is 24.0. The standard InChI is InChI=1S/C57H84O6/c1-14-18-25-45(15-2)40-63-57-39-49(26-28-50-36-52(58-11)46(16-3)35-56(50)62-33-31-44(10)24-20-22-42(7)8)54(60-13)37-51(57)29-27-48-38-55(47(17-4)34-53(48)59-12)61-32-30-43(9)23-19-21-41(5)6/h16-17,26-29,34-39,41-45H,3-4,14-15,18-25,30-33,40H2,1-2,5-13H3/b28-26+,29-27+. The number of unbranched alkanes of at least 4 members (excludes halogenated alkanes) is 1. The molecule has 0 radical (unpaired) electrons. The van der Waals surface area contributed by atoms with Crippen molar-refractivity contribution in [3.8, 4) is 34.5 Å². The van der Waals surface area contributed by atoms with Gasteiger partial charge in [-0.25, -0.2) is 0 Å². The van der Waals surface area contributed by atoms with Crippen LogP contribution in [0.25, 0.3) is 36.5 Å². The summed E-state index contributed by atoms with van der Waals surface area (Å²) in [5, 5.41) is 0. The van der Waals surface area contributed by atoms with Crippen molar-refractivity contribution < 1.29 is 28.4 Å². The second-order valence-corrected chi connectivity index (χ2v) is 18.3. The average Bonchev–Trinajstić information content (AvgIpc) is 3.27. The van der Waals surface area contributed by atoms with E-state index < -0.39 is 0 Å². The molecule has 0 fully saturated rings. The highest BCUT2D eigenvalue weighted by molar-refractivity contribution is 5.82. The molecule has 3 aromatic carbocycles. The maximum atomic E-state index is 6.74. The van der Waals surface area contributed by atoms with E-state index in [1.54, 1.807) is 21.3 Å². The van der Waals surface area contributed by atoms with Crippen molar-refractivity contribution in [1.82, 2.24) is 0 Å². The Balaban J connectivity index is 2.01. The van der Waals surface area contributed by atoms with E-state index in [-0.39, 0.29) is 0 Å². The van der Waals surface area contributed by atoms with Crippen molar-refractivity contribution in [3.63, 3.8) is 0 Å². The lowest BCUT2D eigenvalue weighted by Gasteiger charge is -2.19. The van der Waals surface area contributed by atoms with Crippen LogP contribution in [0.1, 0.15) is 166 Å². The Morgan fingerprint density at radius 2 is 0.810 bits per heavy atom. The fraction of sp³-hybridized carbons (Fsp3) is 0.544. The van der Waals surface area contributed by atoms with Gasteiger partial charge in [0.05, 0.1) is 41.2 Å². The molecule has 0 aliphatic heterocycles. The third-order valence-electron chi connectivity index (χ3n) is 12.1. The van der Waals surface area contributed by atoms with E-state index in [2.05, 4.69) is 111 Å². The molecule has 0 aliphatic carbocycles. The molecular formula is C57H84O6.